The van der Waals surface area contributed by atoms with Crippen molar-refractivity contribution >= 4 is 5.97 Å². The molecular weight excluding hydrogens is 428 g/mol. The summed E-state index contributed by atoms with van der Waals surface area (Å²) < 4.78 is 11.8. The van der Waals surface area contributed by atoms with Crippen molar-refractivity contribution in [2.75, 3.05) is 0 Å². The van der Waals surface area contributed by atoms with Gasteiger partial charge in [-0.05, 0) is 87.5 Å². The summed E-state index contributed by atoms with van der Waals surface area (Å²) in [5.41, 5.74) is 0.0386. The summed E-state index contributed by atoms with van der Waals surface area (Å²) in [5, 5.41) is 17.6. The molecule has 2 heterocycles. The number of rotatable bonds is 12. The highest BCUT2D eigenvalue weighted by Crippen LogP contribution is 2.32. The first-order valence-corrected chi connectivity index (χ1v) is 13.7. The minimum Gasteiger partial charge on any atom is -0.462 e. The zero-order valence-corrected chi connectivity index (χ0v) is 23.4. The first kappa shape index (κ1) is 29.5. The standard InChI is InChI=1S/C28H54N2O4/c1-25(2)17-21(18-26(3,4)29-25)33-23(31)15-13-11-9-10-12-14-16-24(32)34-22-19-27(5,6)30-28(7,8)20-22/h21-23,29-31H,9-20H2,1-8H3. The van der Waals surface area contributed by atoms with E-state index in [1.807, 2.05) is 0 Å². The van der Waals surface area contributed by atoms with Gasteiger partial charge in [0.15, 0.2) is 6.29 Å². The predicted molar refractivity (Wildman–Crippen MR) is 139 cm³/mol. The Morgan fingerprint density at radius 3 is 1.65 bits per heavy atom. The van der Waals surface area contributed by atoms with E-state index in [9.17, 15) is 9.90 Å². The van der Waals surface area contributed by atoms with E-state index >= 15 is 0 Å². The van der Waals surface area contributed by atoms with Crippen LogP contribution in [0.2, 0.25) is 0 Å². The van der Waals surface area contributed by atoms with Gasteiger partial charge in [0.2, 0.25) is 0 Å². The molecule has 34 heavy (non-hydrogen) atoms. The largest absolute Gasteiger partial charge is 0.462 e. The fourth-order valence-corrected chi connectivity index (χ4v) is 6.47. The van der Waals surface area contributed by atoms with Crippen LogP contribution in [0.25, 0.3) is 0 Å². The highest BCUT2D eigenvalue weighted by Gasteiger charge is 2.40. The van der Waals surface area contributed by atoms with Crippen LogP contribution in [-0.4, -0.2) is 51.7 Å². The fraction of sp³-hybridized carbons (Fsp3) is 0.964. The SMILES string of the molecule is CC1(C)CC(OC(=O)CCCCCCCCC(O)OC2CC(C)(C)NC(C)(C)C2)CC(C)(C)N1. The maximum absolute atomic E-state index is 12.3. The molecule has 6 heteroatoms. The lowest BCUT2D eigenvalue weighted by molar-refractivity contribution is -0.160. The molecule has 0 aromatic carbocycles. The molecule has 0 amide bonds. The van der Waals surface area contributed by atoms with Crippen LogP contribution >= 0.6 is 0 Å². The Hall–Kier alpha value is -0.690. The van der Waals surface area contributed by atoms with E-state index in [-0.39, 0.29) is 40.3 Å². The topological polar surface area (TPSA) is 79.8 Å². The summed E-state index contributed by atoms with van der Waals surface area (Å²) in [7, 11) is 0. The lowest BCUT2D eigenvalue weighted by Gasteiger charge is -2.46. The second kappa shape index (κ2) is 12.0. The fourth-order valence-electron chi connectivity index (χ4n) is 6.47. The normalized spacial score (nSPS) is 25.1. The van der Waals surface area contributed by atoms with Crippen molar-refractivity contribution in [3.05, 3.63) is 0 Å². The van der Waals surface area contributed by atoms with Crippen molar-refractivity contribution in [1.29, 1.82) is 0 Å². The number of carbonyl (C=O) groups is 1. The highest BCUT2D eigenvalue weighted by molar-refractivity contribution is 5.69. The molecule has 2 aliphatic rings. The monoisotopic (exact) mass is 482 g/mol. The molecule has 3 N–H and O–H groups in total. The molecule has 0 saturated carbocycles. The van der Waals surface area contributed by atoms with E-state index in [2.05, 4.69) is 66.0 Å². The summed E-state index contributed by atoms with van der Waals surface area (Å²) in [6.45, 7) is 17.5. The van der Waals surface area contributed by atoms with Crippen LogP contribution < -0.4 is 10.6 Å². The van der Waals surface area contributed by atoms with Crippen LogP contribution in [0.4, 0.5) is 0 Å². The van der Waals surface area contributed by atoms with Crippen molar-refractivity contribution < 1.29 is 19.4 Å². The molecule has 0 aromatic rings. The summed E-state index contributed by atoms with van der Waals surface area (Å²) in [5.74, 6) is -0.0527. The third-order valence-electron chi connectivity index (χ3n) is 7.04. The zero-order valence-electron chi connectivity index (χ0n) is 23.4. The maximum Gasteiger partial charge on any atom is 0.306 e. The van der Waals surface area contributed by atoms with E-state index in [1.54, 1.807) is 0 Å². The number of ether oxygens (including phenoxy) is 2. The molecule has 2 fully saturated rings. The number of carbonyl (C=O) groups excluding carboxylic acids is 1. The molecule has 6 nitrogen and oxygen atoms in total. The van der Waals surface area contributed by atoms with Crippen LogP contribution in [0.5, 0.6) is 0 Å². The molecule has 0 aromatic heterocycles. The molecule has 200 valence electrons. The average molecular weight is 483 g/mol. The van der Waals surface area contributed by atoms with E-state index in [0.717, 1.165) is 64.2 Å². The van der Waals surface area contributed by atoms with Crippen molar-refractivity contribution in [1.82, 2.24) is 10.6 Å². The molecular formula is C28H54N2O4. The lowest BCUT2D eigenvalue weighted by Crippen LogP contribution is -2.59. The van der Waals surface area contributed by atoms with Gasteiger partial charge < -0.3 is 25.2 Å². The molecule has 1 atom stereocenters. The Kier molecular flexibility index (Phi) is 10.5. The summed E-state index contributed by atoms with van der Waals surface area (Å²) in [6.07, 6.45) is 10.5. The molecule has 2 saturated heterocycles. The minimum absolute atomic E-state index is 0.00783. The number of hydrogen-bond donors (Lipinski definition) is 3. The average Bonchev–Trinajstić information content (AvgIpc) is 2.58. The van der Waals surface area contributed by atoms with Crippen molar-refractivity contribution in [3.8, 4) is 0 Å². The second-order valence-electron chi connectivity index (χ2n) is 13.6. The Morgan fingerprint density at radius 2 is 1.15 bits per heavy atom. The number of esters is 1. The lowest BCUT2D eigenvalue weighted by atomic mass is 9.81. The molecule has 0 bridgehead atoms. The number of aliphatic hydroxyl groups excluding tert-OH is 1. The molecule has 1 unspecified atom stereocenters. The van der Waals surface area contributed by atoms with Gasteiger partial charge in [-0.15, -0.1) is 0 Å². The predicted octanol–water partition coefficient (Wildman–Crippen LogP) is 5.60. The molecule has 0 aliphatic carbocycles. The van der Waals surface area contributed by atoms with Gasteiger partial charge >= 0.3 is 5.97 Å². The molecule has 0 radical (unpaired) electrons. The van der Waals surface area contributed by atoms with Gasteiger partial charge in [0.1, 0.15) is 6.10 Å². The highest BCUT2D eigenvalue weighted by atomic mass is 16.6. The van der Waals surface area contributed by atoms with Crippen LogP contribution in [0.1, 0.15) is 132 Å². The van der Waals surface area contributed by atoms with Gasteiger partial charge in [-0.1, -0.05) is 25.7 Å². The summed E-state index contributed by atoms with van der Waals surface area (Å²) in [6, 6.07) is 0. The van der Waals surface area contributed by atoms with Crippen LogP contribution in [0.3, 0.4) is 0 Å². The number of aliphatic hydroxyl groups is 1. The number of nitrogens with one attached hydrogen (secondary N) is 2. The van der Waals surface area contributed by atoms with Crippen LogP contribution in [0, 0.1) is 0 Å². The van der Waals surface area contributed by atoms with Gasteiger partial charge in [-0.2, -0.15) is 0 Å². The van der Waals surface area contributed by atoms with Gasteiger partial charge in [0.05, 0.1) is 6.10 Å². The van der Waals surface area contributed by atoms with Crippen molar-refractivity contribution in [2.45, 2.75) is 173 Å². The van der Waals surface area contributed by atoms with Gasteiger partial charge in [-0.3, -0.25) is 4.79 Å². The Bertz CT molecular complexity index is 612. The van der Waals surface area contributed by atoms with E-state index in [1.165, 1.54) is 0 Å². The molecule has 2 aliphatic heterocycles. The Labute approximate surface area is 209 Å². The van der Waals surface area contributed by atoms with Crippen molar-refractivity contribution in [3.63, 3.8) is 0 Å². The third kappa shape index (κ3) is 11.4. The maximum atomic E-state index is 12.3. The summed E-state index contributed by atoms with van der Waals surface area (Å²) >= 11 is 0. The van der Waals surface area contributed by atoms with Crippen molar-refractivity contribution in [2.24, 2.45) is 0 Å². The smallest absolute Gasteiger partial charge is 0.306 e. The second-order valence-corrected chi connectivity index (χ2v) is 13.6. The Balaban J connectivity index is 1.51. The first-order chi connectivity index (χ1) is 15.6. The van der Waals surface area contributed by atoms with E-state index in [4.69, 9.17) is 9.47 Å². The molecule has 2 rings (SSSR count). The van der Waals surface area contributed by atoms with Crippen LogP contribution in [0.15, 0.2) is 0 Å². The van der Waals surface area contributed by atoms with Gasteiger partial charge in [-0.25, -0.2) is 0 Å². The minimum atomic E-state index is -0.672. The Morgan fingerprint density at radius 1 is 0.735 bits per heavy atom. The first-order valence-electron chi connectivity index (χ1n) is 13.7. The molecule has 0 spiro atoms. The third-order valence-corrected chi connectivity index (χ3v) is 7.04. The van der Waals surface area contributed by atoms with E-state index in [0.29, 0.717) is 12.8 Å². The number of piperidine rings is 2. The van der Waals surface area contributed by atoms with Crippen LogP contribution in [-0.2, 0) is 14.3 Å². The zero-order chi connectivity index (χ0) is 25.6. The number of hydrogen-bond acceptors (Lipinski definition) is 6. The quantitative estimate of drug-likeness (QED) is 0.191. The van der Waals surface area contributed by atoms with E-state index < -0.39 is 6.29 Å². The van der Waals surface area contributed by atoms with Gasteiger partial charge in [0.25, 0.3) is 0 Å². The van der Waals surface area contributed by atoms with Gasteiger partial charge in [0, 0.05) is 41.4 Å². The number of unbranched alkanes of at least 4 members (excludes halogenated alkanes) is 5. The summed E-state index contributed by atoms with van der Waals surface area (Å²) in [4.78, 5) is 12.3.